The second-order valence-corrected chi connectivity index (χ2v) is 9.26. The summed E-state index contributed by atoms with van der Waals surface area (Å²) in [7, 11) is 0.492. The van der Waals surface area contributed by atoms with Crippen LogP contribution in [-0.2, 0) is 20.4 Å². The lowest BCUT2D eigenvalue weighted by Gasteiger charge is -2.48. The molecule has 0 saturated heterocycles. The summed E-state index contributed by atoms with van der Waals surface area (Å²) in [6.07, 6.45) is 1.20. The van der Waals surface area contributed by atoms with Gasteiger partial charge >= 0.3 is 5.97 Å². The average Bonchev–Trinajstić information content (AvgIpc) is 2.89. The van der Waals surface area contributed by atoms with Crippen molar-refractivity contribution in [3.05, 3.63) is 151 Å². The molecular weight excluding hydrogens is 424 g/mol. The largest absolute Gasteiger partial charge is 0.483 e. The second kappa shape index (κ2) is 9.71. The molecule has 4 aromatic carbocycles. The van der Waals surface area contributed by atoms with Crippen LogP contribution in [0.25, 0.3) is 0 Å². The van der Waals surface area contributed by atoms with Gasteiger partial charge < -0.3 is 9.47 Å². The molecule has 4 rings (SSSR count). The van der Waals surface area contributed by atoms with E-state index in [0.29, 0.717) is 16.0 Å². The van der Waals surface area contributed by atoms with E-state index in [1.807, 2.05) is 121 Å². The van der Waals surface area contributed by atoms with Gasteiger partial charge in [-0.3, -0.25) is 0 Å². The number of carbonyl (C=O) groups is 1. The smallest absolute Gasteiger partial charge is 0.331 e. The Balaban J connectivity index is 2.09. The van der Waals surface area contributed by atoms with Crippen LogP contribution in [-0.4, -0.2) is 16.2 Å². The molecule has 0 fully saturated rings. The molecule has 0 amide bonds. The molecule has 164 valence electrons. The van der Waals surface area contributed by atoms with Gasteiger partial charge in [-0.2, -0.15) is 0 Å². The third-order valence-corrected chi connectivity index (χ3v) is 7.33. The molecular formula is C29H26O3Si. The van der Waals surface area contributed by atoms with Crippen LogP contribution in [0.2, 0.25) is 0 Å². The number of hydrogen-bond acceptors (Lipinski definition) is 3. The Morgan fingerprint density at radius 1 is 0.667 bits per heavy atom. The van der Waals surface area contributed by atoms with Crippen molar-refractivity contribution < 1.29 is 14.3 Å². The summed E-state index contributed by atoms with van der Waals surface area (Å²) in [6.45, 7) is 3.67. The number of ether oxygens (including phenoxy) is 2. The third-order valence-electron chi connectivity index (χ3n) is 5.84. The Bertz CT molecular complexity index is 1160. The van der Waals surface area contributed by atoms with Crippen LogP contribution in [0.5, 0.6) is 5.75 Å². The van der Waals surface area contributed by atoms with Crippen molar-refractivity contribution in [1.82, 2.24) is 0 Å². The average molecular weight is 451 g/mol. The van der Waals surface area contributed by atoms with Crippen LogP contribution in [0.3, 0.4) is 0 Å². The van der Waals surface area contributed by atoms with Crippen LogP contribution in [0, 0.1) is 0 Å². The van der Waals surface area contributed by atoms with Crippen LogP contribution in [0.4, 0.5) is 0 Å². The first-order valence-electron chi connectivity index (χ1n) is 10.9. The Kier molecular flexibility index (Phi) is 6.57. The Labute approximate surface area is 197 Å². The fourth-order valence-corrected chi connectivity index (χ4v) is 5.53. The lowest BCUT2D eigenvalue weighted by molar-refractivity contribution is -0.166. The summed E-state index contributed by atoms with van der Waals surface area (Å²) < 4.78 is 13.3. The van der Waals surface area contributed by atoms with E-state index in [9.17, 15) is 4.79 Å². The number of carbonyl (C=O) groups excluding carboxylic acids is 1. The van der Waals surface area contributed by atoms with Crippen molar-refractivity contribution >= 4 is 16.2 Å². The predicted molar refractivity (Wildman–Crippen MR) is 135 cm³/mol. The highest BCUT2D eigenvalue weighted by Crippen LogP contribution is 2.49. The van der Waals surface area contributed by atoms with Crippen molar-refractivity contribution in [2.45, 2.75) is 10.8 Å². The van der Waals surface area contributed by atoms with Gasteiger partial charge in [-0.05, 0) is 17.7 Å². The van der Waals surface area contributed by atoms with E-state index in [1.54, 1.807) is 0 Å². The SMILES string of the molecule is C=CC(=O)OC(c1ccccc1)(c1ccccc1)C([SiH3])(Oc1ccccc1)c1ccccc1. The molecule has 0 heterocycles. The number of esters is 1. The molecule has 1 atom stereocenters. The number of para-hydroxylation sites is 1. The Morgan fingerprint density at radius 2 is 1.06 bits per heavy atom. The van der Waals surface area contributed by atoms with Gasteiger partial charge in [-0.25, -0.2) is 4.79 Å². The molecule has 0 radical (unpaired) electrons. The molecule has 0 saturated carbocycles. The quantitative estimate of drug-likeness (QED) is 0.216. The molecule has 0 aliphatic heterocycles. The van der Waals surface area contributed by atoms with Crippen LogP contribution >= 0.6 is 0 Å². The lowest BCUT2D eigenvalue weighted by atomic mass is 9.77. The Morgan fingerprint density at radius 3 is 1.48 bits per heavy atom. The number of hydrogen-bond donors (Lipinski definition) is 0. The highest BCUT2D eigenvalue weighted by atomic mass is 28.1. The zero-order valence-electron chi connectivity index (χ0n) is 18.6. The summed E-state index contributed by atoms with van der Waals surface area (Å²) in [5, 5.41) is -1.00. The zero-order valence-corrected chi connectivity index (χ0v) is 20.6. The topological polar surface area (TPSA) is 35.5 Å². The number of benzene rings is 4. The maximum absolute atomic E-state index is 12.9. The van der Waals surface area contributed by atoms with Gasteiger partial charge in [0.2, 0.25) is 5.60 Å². The summed E-state index contributed by atoms with van der Waals surface area (Å²) in [6, 6.07) is 39.3. The minimum absolute atomic E-state index is 0.492. The minimum Gasteiger partial charge on any atom is -0.483 e. The molecule has 4 aromatic rings. The second-order valence-electron chi connectivity index (χ2n) is 7.85. The molecule has 1 unspecified atom stereocenters. The van der Waals surface area contributed by atoms with Crippen molar-refractivity contribution in [3.8, 4) is 5.75 Å². The maximum atomic E-state index is 12.9. The van der Waals surface area contributed by atoms with E-state index >= 15 is 0 Å². The normalized spacial score (nSPS) is 13.0. The summed E-state index contributed by atoms with van der Waals surface area (Å²) in [5.41, 5.74) is 1.30. The fraction of sp³-hybridized carbons (Fsp3) is 0.0690. The van der Waals surface area contributed by atoms with E-state index in [-0.39, 0.29) is 0 Å². The molecule has 0 aliphatic rings. The molecule has 0 bridgehead atoms. The monoisotopic (exact) mass is 450 g/mol. The third kappa shape index (κ3) is 4.25. The molecule has 3 nitrogen and oxygen atoms in total. The van der Waals surface area contributed by atoms with Crippen LogP contribution in [0.15, 0.2) is 134 Å². The first-order valence-corrected chi connectivity index (χ1v) is 11.9. The molecule has 0 aromatic heterocycles. The highest BCUT2D eigenvalue weighted by molar-refractivity contribution is 6.16. The van der Waals surface area contributed by atoms with Crippen LogP contribution in [0.1, 0.15) is 16.7 Å². The van der Waals surface area contributed by atoms with Gasteiger partial charge in [0.05, 0.1) is 10.2 Å². The lowest BCUT2D eigenvalue weighted by Crippen LogP contribution is -2.57. The predicted octanol–water partition coefficient (Wildman–Crippen LogP) is 4.96. The first kappa shape index (κ1) is 22.3. The van der Waals surface area contributed by atoms with Crippen molar-refractivity contribution in [2.75, 3.05) is 0 Å². The van der Waals surface area contributed by atoms with Crippen LogP contribution < -0.4 is 4.74 Å². The fourth-order valence-electron chi connectivity index (χ4n) is 4.29. The van der Waals surface area contributed by atoms with E-state index in [0.717, 1.165) is 16.7 Å². The molecule has 0 aliphatic carbocycles. The zero-order chi connectivity index (χ0) is 23.2. The van der Waals surface area contributed by atoms with E-state index < -0.39 is 16.8 Å². The van der Waals surface area contributed by atoms with Gasteiger partial charge in [0.15, 0.2) is 5.22 Å². The van der Waals surface area contributed by atoms with Crippen molar-refractivity contribution in [2.24, 2.45) is 0 Å². The van der Waals surface area contributed by atoms with Crippen molar-refractivity contribution in [1.29, 1.82) is 0 Å². The van der Waals surface area contributed by atoms with Gasteiger partial charge in [0.25, 0.3) is 0 Å². The first-order chi connectivity index (χ1) is 16.1. The molecule has 0 N–H and O–H groups in total. The Hall–Kier alpha value is -3.89. The van der Waals surface area contributed by atoms with Gasteiger partial charge in [-0.1, -0.05) is 116 Å². The van der Waals surface area contributed by atoms with E-state index in [2.05, 4.69) is 6.58 Å². The van der Waals surface area contributed by atoms with Gasteiger partial charge in [-0.15, -0.1) is 0 Å². The highest BCUT2D eigenvalue weighted by Gasteiger charge is 2.57. The van der Waals surface area contributed by atoms with Gasteiger partial charge in [0.1, 0.15) is 5.75 Å². The van der Waals surface area contributed by atoms with Crippen molar-refractivity contribution in [3.63, 3.8) is 0 Å². The summed E-state index contributed by atoms with van der Waals surface area (Å²) in [5.74, 6) is 0.178. The van der Waals surface area contributed by atoms with E-state index in [1.165, 1.54) is 6.08 Å². The van der Waals surface area contributed by atoms with Gasteiger partial charge in [0, 0.05) is 17.2 Å². The molecule has 0 spiro atoms. The summed E-state index contributed by atoms with van der Waals surface area (Å²) >= 11 is 0. The molecule has 4 heteroatoms. The minimum atomic E-state index is -1.26. The standard InChI is InChI=1S/C29H26O3Si/c1-2-27(30)32-28(23-15-7-3-8-16-23,24-17-9-4-10-18-24)29(33,25-19-11-5-12-20-25)31-26-21-13-6-14-22-26/h2-22H,1H2,33H3. The summed E-state index contributed by atoms with van der Waals surface area (Å²) in [4.78, 5) is 12.9. The number of rotatable bonds is 8. The molecule has 33 heavy (non-hydrogen) atoms. The van der Waals surface area contributed by atoms with E-state index in [4.69, 9.17) is 9.47 Å². The maximum Gasteiger partial charge on any atom is 0.331 e.